The average molecular weight is 484 g/mol. The number of aliphatic carboxylic acids is 1. The van der Waals surface area contributed by atoms with E-state index in [1.165, 1.54) is 11.9 Å². The van der Waals surface area contributed by atoms with E-state index in [2.05, 4.69) is 10.6 Å². The number of hydrogen-bond acceptors (Lipinski definition) is 5. The van der Waals surface area contributed by atoms with Crippen LogP contribution in [0.5, 0.6) is 0 Å². The van der Waals surface area contributed by atoms with Crippen molar-refractivity contribution >= 4 is 23.9 Å². The van der Waals surface area contributed by atoms with E-state index in [-0.39, 0.29) is 31.9 Å². The van der Waals surface area contributed by atoms with Gasteiger partial charge in [-0.1, -0.05) is 60.7 Å². The fraction of sp³-hybridized carbons (Fsp3) is 0.385. The zero-order valence-electron chi connectivity index (χ0n) is 19.9. The number of amides is 3. The summed E-state index contributed by atoms with van der Waals surface area (Å²) < 4.78 is 5.11. The van der Waals surface area contributed by atoms with Crippen LogP contribution in [0.4, 0.5) is 4.79 Å². The predicted molar refractivity (Wildman–Crippen MR) is 130 cm³/mol. The lowest BCUT2D eigenvalue weighted by Gasteiger charge is -2.19. The van der Waals surface area contributed by atoms with Gasteiger partial charge in [0.25, 0.3) is 0 Å². The molecule has 0 aromatic heterocycles. The molecule has 0 unspecified atom stereocenters. The fourth-order valence-corrected chi connectivity index (χ4v) is 3.33. The molecule has 2 rings (SSSR count). The van der Waals surface area contributed by atoms with Gasteiger partial charge in [0, 0.05) is 20.0 Å². The first kappa shape index (κ1) is 27.4. The summed E-state index contributed by atoms with van der Waals surface area (Å²) in [6.45, 7) is 0.280. The topological polar surface area (TPSA) is 125 Å². The standard InChI is InChI=1S/C26H33N3O6/c1-29(24(31)16-15-20-10-4-2-5-11-20)18-23(30)28-22(25(32)33)14-8-9-17-27-26(34)35-19-21-12-6-3-7-13-21/h2-7,10-13,22H,8-9,14-19H2,1H3,(H,27,34)(H,28,30)(H,32,33)/t22-/m0/s1. The summed E-state index contributed by atoms with van der Waals surface area (Å²) in [5, 5.41) is 14.5. The number of ether oxygens (including phenoxy) is 1. The van der Waals surface area contributed by atoms with Crippen LogP contribution >= 0.6 is 0 Å². The number of carboxylic acids is 1. The number of carbonyl (C=O) groups is 4. The summed E-state index contributed by atoms with van der Waals surface area (Å²) in [6.07, 6.45) is 1.48. The Bertz CT molecular complexity index is 952. The number of benzene rings is 2. The lowest BCUT2D eigenvalue weighted by molar-refractivity contribution is -0.142. The van der Waals surface area contributed by atoms with Crippen molar-refractivity contribution in [3.63, 3.8) is 0 Å². The van der Waals surface area contributed by atoms with Crippen LogP contribution in [0.2, 0.25) is 0 Å². The Balaban J connectivity index is 1.62. The number of aryl methyl sites for hydroxylation is 1. The minimum atomic E-state index is -1.15. The van der Waals surface area contributed by atoms with E-state index < -0.39 is 24.0 Å². The number of unbranched alkanes of at least 4 members (excludes halogenated alkanes) is 1. The molecule has 3 amide bonds. The van der Waals surface area contributed by atoms with Gasteiger partial charge in [-0.2, -0.15) is 0 Å². The van der Waals surface area contributed by atoms with Crippen molar-refractivity contribution in [2.45, 2.75) is 44.8 Å². The Labute approximate surface area is 205 Å². The van der Waals surface area contributed by atoms with Gasteiger partial charge in [-0.05, 0) is 36.8 Å². The van der Waals surface area contributed by atoms with Crippen LogP contribution in [0, 0.1) is 0 Å². The number of likely N-dealkylation sites (N-methyl/N-ethyl adjacent to an activating group) is 1. The Morgan fingerprint density at radius 2 is 1.57 bits per heavy atom. The Kier molecular flexibility index (Phi) is 11.8. The molecule has 2 aromatic carbocycles. The molecular formula is C26H33N3O6. The summed E-state index contributed by atoms with van der Waals surface area (Å²) in [7, 11) is 1.52. The number of nitrogens with zero attached hydrogens (tertiary/aromatic N) is 1. The molecule has 0 aliphatic carbocycles. The highest BCUT2D eigenvalue weighted by Crippen LogP contribution is 2.05. The largest absolute Gasteiger partial charge is 0.480 e. The van der Waals surface area contributed by atoms with Gasteiger partial charge in [-0.3, -0.25) is 9.59 Å². The van der Waals surface area contributed by atoms with Gasteiger partial charge in [0.2, 0.25) is 11.8 Å². The van der Waals surface area contributed by atoms with Crippen LogP contribution in [0.1, 0.15) is 36.8 Å². The minimum absolute atomic E-state index is 0.170. The molecule has 0 spiro atoms. The molecule has 0 aliphatic rings. The van der Waals surface area contributed by atoms with Crippen molar-refractivity contribution in [2.75, 3.05) is 20.1 Å². The summed E-state index contributed by atoms with van der Waals surface area (Å²) in [4.78, 5) is 49.1. The molecule has 0 bridgehead atoms. The normalized spacial score (nSPS) is 11.2. The van der Waals surface area contributed by atoms with E-state index in [1.807, 2.05) is 60.7 Å². The molecule has 0 fully saturated rings. The average Bonchev–Trinajstić information content (AvgIpc) is 2.86. The second-order valence-electron chi connectivity index (χ2n) is 8.18. The number of nitrogens with one attached hydrogen (secondary N) is 2. The van der Waals surface area contributed by atoms with Crippen molar-refractivity contribution in [2.24, 2.45) is 0 Å². The highest BCUT2D eigenvalue weighted by atomic mass is 16.5. The van der Waals surface area contributed by atoms with Gasteiger partial charge in [-0.25, -0.2) is 9.59 Å². The molecule has 0 radical (unpaired) electrons. The van der Waals surface area contributed by atoms with Crippen LogP contribution in [0.15, 0.2) is 60.7 Å². The van der Waals surface area contributed by atoms with Crippen LogP contribution in [0.25, 0.3) is 0 Å². The second-order valence-corrected chi connectivity index (χ2v) is 8.18. The number of carboxylic acid groups (broad SMARTS) is 1. The van der Waals surface area contributed by atoms with Crippen molar-refractivity contribution in [1.29, 1.82) is 0 Å². The second kappa shape index (κ2) is 15.1. The van der Waals surface area contributed by atoms with E-state index in [0.29, 0.717) is 25.8 Å². The SMILES string of the molecule is CN(CC(=O)N[C@@H](CCCCNC(=O)OCc1ccccc1)C(=O)O)C(=O)CCc1ccccc1. The quantitative estimate of drug-likeness (QED) is 0.355. The van der Waals surface area contributed by atoms with Gasteiger partial charge >= 0.3 is 12.1 Å². The zero-order chi connectivity index (χ0) is 25.5. The van der Waals surface area contributed by atoms with Gasteiger partial charge in [0.05, 0.1) is 6.54 Å². The highest BCUT2D eigenvalue weighted by Gasteiger charge is 2.21. The molecule has 1 atom stereocenters. The number of rotatable bonds is 14. The first-order valence-electron chi connectivity index (χ1n) is 11.6. The molecule has 0 aliphatic heterocycles. The molecule has 3 N–H and O–H groups in total. The van der Waals surface area contributed by atoms with E-state index in [4.69, 9.17) is 4.74 Å². The van der Waals surface area contributed by atoms with E-state index >= 15 is 0 Å². The Morgan fingerprint density at radius 3 is 2.20 bits per heavy atom. The fourth-order valence-electron chi connectivity index (χ4n) is 3.33. The smallest absolute Gasteiger partial charge is 0.407 e. The summed E-state index contributed by atoms with van der Waals surface area (Å²) in [6, 6.07) is 17.8. The summed E-state index contributed by atoms with van der Waals surface area (Å²) in [5.41, 5.74) is 1.91. The zero-order valence-corrected chi connectivity index (χ0v) is 19.9. The molecule has 0 saturated carbocycles. The first-order chi connectivity index (χ1) is 16.8. The van der Waals surface area contributed by atoms with Crippen molar-refractivity contribution in [3.05, 3.63) is 71.8 Å². The van der Waals surface area contributed by atoms with Crippen LogP contribution < -0.4 is 10.6 Å². The van der Waals surface area contributed by atoms with Gasteiger partial charge in [-0.15, -0.1) is 0 Å². The maximum absolute atomic E-state index is 12.3. The lowest BCUT2D eigenvalue weighted by Crippen LogP contribution is -2.46. The van der Waals surface area contributed by atoms with Crippen molar-refractivity contribution < 1.29 is 29.0 Å². The van der Waals surface area contributed by atoms with Crippen molar-refractivity contribution in [1.82, 2.24) is 15.5 Å². The Hall–Kier alpha value is -3.88. The third kappa shape index (κ3) is 11.2. The van der Waals surface area contributed by atoms with Gasteiger partial charge in [0.15, 0.2) is 0 Å². The third-order valence-electron chi connectivity index (χ3n) is 5.31. The summed E-state index contributed by atoms with van der Waals surface area (Å²) >= 11 is 0. The molecule has 35 heavy (non-hydrogen) atoms. The van der Waals surface area contributed by atoms with Crippen molar-refractivity contribution in [3.8, 4) is 0 Å². The minimum Gasteiger partial charge on any atom is -0.480 e. The van der Waals surface area contributed by atoms with Crippen LogP contribution in [0.3, 0.4) is 0 Å². The van der Waals surface area contributed by atoms with E-state index in [0.717, 1.165) is 11.1 Å². The van der Waals surface area contributed by atoms with E-state index in [1.54, 1.807) is 0 Å². The number of hydrogen-bond donors (Lipinski definition) is 3. The molecule has 0 saturated heterocycles. The maximum atomic E-state index is 12.3. The first-order valence-corrected chi connectivity index (χ1v) is 11.6. The predicted octanol–water partition coefficient (Wildman–Crippen LogP) is 2.74. The molecule has 0 heterocycles. The number of carbonyl (C=O) groups excluding carboxylic acids is 3. The van der Waals surface area contributed by atoms with Crippen LogP contribution in [-0.2, 0) is 32.1 Å². The number of alkyl carbamates (subject to hydrolysis) is 1. The molecule has 9 heteroatoms. The molecule has 2 aromatic rings. The third-order valence-corrected chi connectivity index (χ3v) is 5.31. The van der Waals surface area contributed by atoms with Gasteiger partial charge < -0.3 is 25.4 Å². The van der Waals surface area contributed by atoms with E-state index in [9.17, 15) is 24.3 Å². The molecular weight excluding hydrogens is 450 g/mol. The molecule has 188 valence electrons. The lowest BCUT2D eigenvalue weighted by atomic mass is 10.1. The Morgan fingerprint density at radius 1 is 0.943 bits per heavy atom. The summed E-state index contributed by atoms with van der Waals surface area (Å²) in [5.74, 6) is -1.87. The van der Waals surface area contributed by atoms with Crippen LogP contribution in [-0.4, -0.2) is 60.1 Å². The monoisotopic (exact) mass is 483 g/mol. The van der Waals surface area contributed by atoms with Gasteiger partial charge in [0.1, 0.15) is 12.6 Å². The maximum Gasteiger partial charge on any atom is 0.407 e. The highest BCUT2D eigenvalue weighted by molar-refractivity contribution is 5.87. The molecule has 9 nitrogen and oxygen atoms in total.